The van der Waals surface area contributed by atoms with Crippen LogP contribution in [0.2, 0.25) is 0 Å². The Bertz CT molecular complexity index is 559. The van der Waals surface area contributed by atoms with Crippen LogP contribution in [-0.2, 0) is 0 Å². The molecule has 0 aromatic heterocycles. The van der Waals surface area contributed by atoms with Crippen LogP contribution in [0.15, 0.2) is 34.7 Å². The van der Waals surface area contributed by atoms with E-state index < -0.39 is 6.04 Å². The highest BCUT2D eigenvalue weighted by Crippen LogP contribution is 2.25. The van der Waals surface area contributed by atoms with Gasteiger partial charge in [-0.3, -0.25) is 0 Å². The van der Waals surface area contributed by atoms with Crippen molar-refractivity contribution in [3.05, 3.63) is 35.2 Å². The van der Waals surface area contributed by atoms with E-state index in [0.29, 0.717) is 21.7 Å². The first-order chi connectivity index (χ1) is 9.33. The molecule has 0 fully saturated rings. The number of nitrogens with zero attached hydrogens (tertiary/aromatic N) is 3. The van der Waals surface area contributed by atoms with Gasteiger partial charge in [-0.15, -0.1) is 0 Å². The summed E-state index contributed by atoms with van der Waals surface area (Å²) in [5.74, 6) is -0.197. The van der Waals surface area contributed by atoms with Gasteiger partial charge >= 0.3 is 0 Å². The summed E-state index contributed by atoms with van der Waals surface area (Å²) >= 11 is 0. The topological polar surface area (TPSA) is 111 Å². The van der Waals surface area contributed by atoms with Gasteiger partial charge in [0.1, 0.15) is 11.5 Å². The molecule has 0 aliphatic carbocycles. The summed E-state index contributed by atoms with van der Waals surface area (Å²) in [5.41, 5.74) is 1.33. The third-order valence-electron chi connectivity index (χ3n) is 2.71. The highest BCUT2D eigenvalue weighted by molar-refractivity contribution is 5.86. The molecule has 1 rings (SSSR count). The van der Waals surface area contributed by atoms with Crippen LogP contribution in [-0.4, -0.2) is 32.0 Å². The Morgan fingerprint density at radius 2 is 1.80 bits per heavy atom. The summed E-state index contributed by atoms with van der Waals surface area (Å²) in [4.78, 5) is 0.357. The lowest BCUT2D eigenvalue weighted by Crippen LogP contribution is -2.13. The van der Waals surface area contributed by atoms with Crippen molar-refractivity contribution < 1.29 is 20.3 Å². The first-order valence-corrected chi connectivity index (χ1v) is 5.91. The van der Waals surface area contributed by atoms with Gasteiger partial charge in [0.25, 0.3) is 0 Å². The Kier molecular flexibility index (Phi) is 5.08. The molecular weight excluding hydrogens is 262 g/mol. The second kappa shape index (κ2) is 6.55. The molecule has 0 bridgehead atoms. The largest absolute Gasteiger partial charge is 0.595 e. The van der Waals surface area contributed by atoms with E-state index in [1.54, 1.807) is 20.8 Å². The minimum atomic E-state index is -0.556. The van der Waals surface area contributed by atoms with Gasteiger partial charge in [-0.2, -0.15) is 0 Å². The highest BCUT2D eigenvalue weighted by Gasteiger charge is 2.09. The Labute approximate surface area is 116 Å². The molecular formula is C13H17N3O4. The Morgan fingerprint density at radius 1 is 1.25 bits per heavy atom. The summed E-state index contributed by atoms with van der Waals surface area (Å²) in [6, 6.07) is 3.48. The van der Waals surface area contributed by atoms with E-state index in [0.717, 1.165) is 0 Å². The molecule has 7 heteroatoms. The second-order valence-electron chi connectivity index (χ2n) is 4.39. The van der Waals surface area contributed by atoms with Gasteiger partial charge in [0.2, 0.25) is 6.20 Å². The minimum absolute atomic E-state index is 0.0984. The molecule has 1 aromatic carbocycles. The lowest BCUT2D eigenvalue weighted by molar-refractivity contribution is -0.459. The van der Waals surface area contributed by atoms with Gasteiger partial charge in [-0.05, 0) is 43.6 Å². The van der Waals surface area contributed by atoms with E-state index in [2.05, 4.69) is 10.3 Å². The van der Waals surface area contributed by atoms with E-state index >= 15 is 0 Å². The number of hydrogen-bond donors (Lipinski definition) is 3. The molecule has 108 valence electrons. The number of oxime groups is 1. The van der Waals surface area contributed by atoms with E-state index in [1.807, 2.05) is 0 Å². The number of aromatic hydroxyl groups is 2. The molecule has 0 saturated carbocycles. The molecule has 0 aliphatic rings. The molecule has 0 saturated heterocycles. The molecule has 1 aromatic rings. The van der Waals surface area contributed by atoms with Gasteiger partial charge in [0.15, 0.2) is 6.04 Å². The molecule has 1 unspecified atom stereocenters. The fourth-order valence-corrected chi connectivity index (χ4v) is 1.43. The lowest BCUT2D eigenvalue weighted by atomic mass is 10.1. The molecule has 0 aliphatic heterocycles. The third kappa shape index (κ3) is 4.27. The van der Waals surface area contributed by atoms with Crippen molar-refractivity contribution >= 4 is 11.3 Å². The average Bonchev–Trinajstić information content (AvgIpc) is 2.36. The second-order valence-corrected chi connectivity index (χ2v) is 4.39. The third-order valence-corrected chi connectivity index (χ3v) is 2.71. The summed E-state index contributed by atoms with van der Waals surface area (Å²) in [5, 5.41) is 45.7. The molecule has 7 nitrogen and oxygen atoms in total. The SMILES string of the molecule is CC(=C[N+]([O-])=NC(C)C(C)=NO)c1cc(O)cc(O)c1. The van der Waals surface area contributed by atoms with Crippen LogP contribution in [0, 0.1) is 5.21 Å². The molecule has 3 N–H and O–H groups in total. The Balaban J connectivity index is 3.01. The summed E-state index contributed by atoms with van der Waals surface area (Å²) in [7, 11) is 0. The number of hydroxylamine groups is 1. The molecule has 0 heterocycles. The molecule has 0 spiro atoms. The van der Waals surface area contributed by atoms with Crippen molar-refractivity contribution in [3.8, 4) is 11.5 Å². The van der Waals surface area contributed by atoms with E-state index in [-0.39, 0.29) is 11.5 Å². The summed E-state index contributed by atoms with van der Waals surface area (Å²) in [6.45, 7) is 4.81. The van der Waals surface area contributed by atoms with Crippen LogP contribution >= 0.6 is 0 Å². The van der Waals surface area contributed by atoms with Gasteiger partial charge < -0.3 is 20.6 Å². The lowest BCUT2D eigenvalue weighted by Gasteiger charge is -2.04. The van der Waals surface area contributed by atoms with Crippen LogP contribution in [0.1, 0.15) is 26.3 Å². The molecule has 1 atom stereocenters. The number of phenolic OH excluding ortho intramolecular Hbond substituents is 2. The number of rotatable bonds is 4. The van der Waals surface area contributed by atoms with Crippen LogP contribution in [0.25, 0.3) is 5.57 Å². The number of hydrogen-bond acceptors (Lipinski definition) is 6. The smallest absolute Gasteiger partial charge is 0.212 e. The standard InChI is InChI=1S/C13H17N3O4/c1-8(11-4-12(17)6-13(18)5-11)7-16(20)14-9(2)10(3)15-19/h4-7,9,17-19H,1-3H3. The van der Waals surface area contributed by atoms with Crippen LogP contribution in [0.3, 0.4) is 0 Å². The minimum Gasteiger partial charge on any atom is -0.595 e. The van der Waals surface area contributed by atoms with Crippen molar-refractivity contribution in [1.29, 1.82) is 0 Å². The molecule has 20 heavy (non-hydrogen) atoms. The Morgan fingerprint density at radius 3 is 2.30 bits per heavy atom. The average molecular weight is 279 g/mol. The van der Waals surface area contributed by atoms with Crippen LogP contribution < -0.4 is 0 Å². The zero-order chi connectivity index (χ0) is 15.3. The number of benzene rings is 1. The quantitative estimate of drug-likeness (QED) is 0.258. The number of phenols is 2. The summed E-state index contributed by atoms with van der Waals surface area (Å²) < 4.78 is 0. The predicted octanol–water partition coefficient (Wildman–Crippen LogP) is 2.66. The van der Waals surface area contributed by atoms with Crippen molar-refractivity contribution in [2.75, 3.05) is 0 Å². The van der Waals surface area contributed by atoms with Gasteiger partial charge in [0.05, 0.1) is 5.71 Å². The van der Waals surface area contributed by atoms with Crippen molar-refractivity contribution in [2.24, 2.45) is 10.3 Å². The number of allylic oxidation sites excluding steroid dienone is 1. The maximum Gasteiger partial charge on any atom is 0.212 e. The fraction of sp³-hybridized carbons (Fsp3) is 0.308. The van der Waals surface area contributed by atoms with Gasteiger partial charge in [0, 0.05) is 11.6 Å². The van der Waals surface area contributed by atoms with Gasteiger partial charge in [-0.25, -0.2) is 0 Å². The number of azo groups is 1. The van der Waals surface area contributed by atoms with Crippen LogP contribution in [0.4, 0.5) is 0 Å². The van der Waals surface area contributed by atoms with Crippen molar-refractivity contribution in [3.63, 3.8) is 0 Å². The van der Waals surface area contributed by atoms with Gasteiger partial charge in [-0.1, -0.05) is 10.0 Å². The first kappa shape index (κ1) is 15.5. The van der Waals surface area contributed by atoms with Crippen LogP contribution in [0.5, 0.6) is 11.5 Å². The van der Waals surface area contributed by atoms with Crippen molar-refractivity contribution in [1.82, 2.24) is 0 Å². The Hall–Kier alpha value is -2.57. The monoisotopic (exact) mass is 279 g/mol. The predicted molar refractivity (Wildman–Crippen MR) is 73.8 cm³/mol. The first-order valence-electron chi connectivity index (χ1n) is 5.91. The fourth-order valence-electron chi connectivity index (χ4n) is 1.43. The van der Waals surface area contributed by atoms with E-state index in [9.17, 15) is 15.4 Å². The maximum atomic E-state index is 11.6. The molecule has 0 amide bonds. The zero-order valence-electron chi connectivity index (χ0n) is 11.5. The maximum absolute atomic E-state index is 11.6. The van der Waals surface area contributed by atoms with Crippen molar-refractivity contribution in [2.45, 2.75) is 26.8 Å². The van der Waals surface area contributed by atoms with E-state index in [4.69, 9.17) is 5.21 Å². The normalized spacial score (nSPS) is 15.2. The zero-order valence-corrected chi connectivity index (χ0v) is 11.5. The molecule has 0 radical (unpaired) electrons. The van der Waals surface area contributed by atoms with E-state index in [1.165, 1.54) is 24.4 Å². The highest BCUT2D eigenvalue weighted by atomic mass is 16.5. The summed E-state index contributed by atoms with van der Waals surface area (Å²) in [6.07, 6.45) is 1.20.